The summed E-state index contributed by atoms with van der Waals surface area (Å²) in [5.74, 6) is 1.38. The van der Waals surface area contributed by atoms with Crippen LogP contribution in [0.4, 0.5) is 0 Å². The Kier molecular flexibility index (Phi) is 3.96. The summed E-state index contributed by atoms with van der Waals surface area (Å²) in [4.78, 5) is 0. The first-order valence-electron chi connectivity index (χ1n) is 5.45. The van der Waals surface area contributed by atoms with Gasteiger partial charge < -0.3 is 5.11 Å². The Morgan fingerprint density at radius 2 is 1.80 bits per heavy atom. The first-order valence-corrected chi connectivity index (χ1v) is 5.45. The zero-order valence-electron chi connectivity index (χ0n) is 9.83. The lowest BCUT2D eigenvalue weighted by Crippen LogP contribution is -2.03. The van der Waals surface area contributed by atoms with Crippen LogP contribution in [0.2, 0.25) is 0 Å². The van der Waals surface area contributed by atoms with E-state index in [1.54, 1.807) is 12.1 Å². The van der Waals surface area contributed by atoms with Crippen LogP contribution in [-0.2, 0) is 0 Å². The van der Waals surface area contributed by atoms with Gasteiger partial charge in [-0.25, -0.2) is 0 Å². The number of rotatable bonds is 4. The van der Waals surface area contributed by atoms with E-state index >= 15 is 0 Å². The third-order valence-corrected chi connectivity index (χ3v) is 2.60. The lowest BCUT2D eigenvalue weighted by atomic mass is 9.86. The van der Waals surface area contributed by atoms with Gasteiger partial charge in [0.25, 0.3) is 0 Å². The largest absolute Gasteiger partial charge is 0.508 e. The minimum atomic E-state index is 0.323. The van der Waals surface area contributed by atoms with Gasteiger partial charge in [0.05, 0.1) is 0 Å². The van der Waals surface area contributed by atoms with Crippen molar-refractivity contribution in [1.29, 1.82) is 0 Å². The van der Waals surface area contributed by atoms with Crippen LogP contribution in [-0.4, -0.2) is 5.11 Å². The highest BCUT2D eigenvalue weighted by Gasteiger charge is 2.13. The molecule has 1 N–H and O–H groups in total. The summed E-state index contributed by atoms with van der Waals surface area (Å²) < 4.78 is 0. The summed E-state index contributed by atoms with van der Waals surface area (Å²) in [6.07, 6.45) is 1.11. The summed E-state index contributed by atoms with van der Waals surface area (Å²) >= 11 is 0. The molecule has 0 aliphatic carbocycles. The molecule has 0 amide bonds. The molecule has 0 radical (unpaired) electrons. The van der Waals surface area contributed by atoms with Crippen molar-refractivity contribution in [2.75, 3.05) is 0 Å². The Balaban J connectivity index is 2.89. The average Bonchev–Trinajstić information content (AvgIpc) is 2.15. The van der Waals surface area contributed by atoms with Crippen molar-refractivity contribution in [1.82, 2.24) is 0 Å². The number of hydrogen-bond acceptors (Lipinski definition) is 1. The van der Waals surface area contributed by atoms with Crippen molar-refractivity contribution < 1.29 is 5.11 Å². The fraction of sp³-hybridized carbons (Fsp3) is 0.429. The molecule has 0 fully saturated rings. The zero-order chi connectivity index (χ0) is 11.4. The number of allylic oxidation sites excluding steroid dienone is 1. The van der Waals surface area contributed by atoms with E-state index < -0.39 is 0 Å². The van der Waals surface area contributed by atoms with Gasteiger partial charge in [0.15, 0.2) is 0 Å². The molecule has 0 aromatic heterocycles. The van der Waals surface area contributed by atoms with E-state index in [1.165, 1.54) is 11.1 Å². The van der Waals surface area contributed by atoms with Crippen molar-refractivity contribution >= 4 is 0 Å². The van der Waals surface area contributed by atoms with Crippen LogP contribution in [0, 0.1) is 5.92 Å². The molecule has 1 heteroatoms. The molecule has 1 rings (SSSR count). The molecule has 0 aliphatic heterocycles. The molecule has 82 valence electrons. The summed E-state index contributed by atoms with van der Waals surface area (Å²) in [6, 6.07) is 7.45. The first kappa shape index (κ1) is 11.8. The Labute approximate surface area is 92.5 Å². The monoisotopic (exact) mass is 204 g/mol. The molecule has 1 unspecified atom stereocenters. The first-order chi connectivity index (χ1) is 7.00. The minimum Gasteiger partial charge on any atom is -0.508 e. The number of benzene rings is 1. The lowest BCUT2D eigenvalue weighted by molar-refractivity contribution is 0.474. The summed E-state index contributed by atoms with van der Waals surface area (Å²) in [6.45, 7) is 10.6. The standard InChI is InChI=1S/C14H20O/c1-10(2)9-14(11(3)4)12-5-7-13(15)8-6-12/h5-8,10,14-15H,3,9H2,1-2,4H3. The molecule has 0 aliphatic rings. The van der Waals surface area contributed by atoms with E-state index in [0.29, 0.717) is 17.6 Å². The van der Waals surface area contributed by atoms with E-state index in [4.69, 9.17) is 0 Å². The van der Waals surface area contributed by atoms with Gasteiger partial charge in [0.2, 0.25) is 0 Å². The summed E-state index contributed by atoms with van der Waals surface area (Å²) in [5, 5.41) is 9.24. The van der Waals surface area contributed by atoms with Crippen molar-refractivity contribution in [2.45, 2.75) is 33.1 Å². The maximum atomic E-state index is 9.24. The normalized spacial score (nSPS) is 12.8. The van der Waals surface area contributed by atoms with Gasteiger partial charge in [-0.3, -0.25) is 0 Å². The predicted octanol–water partition coefficient (Wildman–Crippen LogP) is 4.10. The molecule has 15 heavy (non-hydrogen) atoms. The van der Waals surface area contributed by atoms with Gasteiger partial charge in [-0.2, -0.15) is 0 Å². The Bertz CT molecular complexity index is 322. The van der Waals surface area contributed by atoms with Crippen molar-refractivity contribution in [2.24, 2.45) is 5.92 Å². The van der Waals surface area contributed by atoms with Crippen LogP contribution in [0.15, 0.2) is 36.4 Å². The van der Waals surface area contributed by atoms with Crippen LogP contribution >= 0.6 is 0 Å². The molecule has 1 aromatic carbocycles. The maximum Gasteiger partial charge on any atom is 0.115 e. The summed E-state index contributed by atoms with van der Waals surface area (Å²) in [7, 11) is 0. The van der Waals surface area contributed by atoms with E-state index in [9.17, 15) is 5.11 Å². The van der Waals surface area contributed by atoms with Crippen LogP contribution < -0.4 is 0 Å². The van der Waals surface area contributed by atoms with Crippen LogP contribution in [0.5, 0.6) is 5.75 Å². The van der Waals surface area contributed by atoms with E-state index in [0.717, 1.165) is 6.42 Å². The van der Waals surface area contributed by atoms with Crippen molar-refractivity contribution in [3.63, 3.8) is 0 Å². The molecule has 1 nitrogen and oxygen atoms in total. The van der Waals surface area contributed by atoms with E-state index in [2.05, 4.69) is 27.4 Å². The van der Waals surface area contributed by atoms with Gasteiger partial charge in [0, 0.05) is 5.92 Å². The van der Waals surface area contributed by atoms with Crippen LogP contribution in [0.3, 0.4) is 0 Å². The summed E-state index contributed by atoms with van der Waals surface area (Å²) in [5.41, 5.74) is 2.43. The SMILES string of the molecule is C=C(C)C(CC(C)C)c1ccc(O)cc1. The number of aromatic hydroxyl groups is 1. The fourth-order valence-corrected chi connectivity index (χ4v) is 1.80. The lowest BCUT2D eigenvalue weighted by Gasteiger charge is -2.19. The Morgan fingerprint density at radius 3 is 2.20 bits per heavy atom. The zero-order valence-corrected chi connectivity index (χ0v) is 9.83. The third-order valence-electron chi connectivity index (χ3n) is 2.60. The van der Waals surface area contributed by atoms with Gasteiger partial charge in [-0.15, -0.1) is 0 Å². The van der Waals surface area contributed by atoms with Gasteiger partial charge >= 0.3 is 0 Å². The second-order valence-corrected chi connectivity index (χ2v) is 4.62. The molecule has 1 atom stereocenters. The second-order valence-electron chi connectivity index (χ2n) is 4.62. The highest BCUT2D eigenvalue weighted by atomic mass is 16.3. The van der Waals surface area contributed by atoms with E-state index in [-0.39, 0.29) is 0 Å². The maximum absolute atomic E-state index is 9.24. The topological polar surface area (TPSA) is 20.2 Å². The van der Waals surface area contributed by atoms with Crippen molar-refractivity contribution in [3.05, 3.63) is 42.0 Å². The second kappa shape index (κ2) is 5.01. The molecule has 0 bridgehead atoms. The van der Waals surface area contributed by atoms with Gasteiger partial charge in [-0.1, -0.05) is 38.1 Å². The molecular weight excluding hydrogens is 184 g/mol. The highest BCUT2D eigenvalue weighted by molar-refractivity contribution is 5.32. The molecule has 0 heterocycles. The predicted molar refractivity (Wildman–Crippen MR) is 65.1 cm³/mol. The molecule has 0 spiro atoms. The fourth-order valence-electron chi connectivity index (χ4n) is 1.80. The number of phenolic OH excluding ortho intramolecular Hbond substituents is 1. The smallest absolute Gasteiger partial charge is 0.115 e. The molecule has 0 saturated heterocycles. The van der Waals surface area contributed by atoms with Crippen LogP contribution in [0.25, 0.3) is 0 Å². The highest BCUT2D eigenvalue weighted by Crippen LogP contribution is 2.30. The molecule has 0 saturated carbocycles. The van der Waals surface area contributed by atoms with Crippen LogP contribution in [0.1, 0.15) is 38.7 Å². The Morgan fingerprint density at radius 1 is 1.27 bits per heavy atom. The number of hydrogen-bond donors (Lipinski definition) is 1. The molecule has 1 aromatic rings. The van der Waals surface area contributed by atoms with Gasteiger partial charge in [-0.05, 0) is 37.0 Å². The quantitative estimate of drug-likeness (QED) is 0.732. The Hall–Kier alpha value is -1.24. The van der Waals surface area contributed by atoms with Crippen molar-refractivity contribution in [3.8, 4) is 5.75 Å². The van der Waals surface area contributed by atoms with E-state index in [1.807, 2.05) is 12.1 Å². The average molecular weight is 204 g/mol. The van der Waals surface area contributed by atoms with Gasteiger partial charge in [0.1, 0.15) is 5.75 Å². The minimum absolute atomic E-state index is 0.323. The molecular formula is C14H20O. The third kappa shape index (κ3) is 3.43. The number of phenols is 1.